The minimum Gasteiger partial charge on any atom is -0.495 e. The van der Waals surface area contributed by atoms with Crippen LogP contribution in [0.3, 0.4) is 0 Å². The lowest BCUT2D eigenvalue weighted by Crippen LogP contribution is -2.44. The van der Waals surface area contributed by atoms with Gasteiger partial charge in [0.25, 0.3) is 0 Å². The van der Waals surface area contributed by atoms with Crippen LogP contribution >= 0.6 is 0 Å². The summed E-state index contributed by atoms with van der Waals surface area (Å²) >= 11 is 0. The maximum absolute atomic E-state index is 11.6. The van der Waals surface area contributed by atoms with Crippen LogP contribution in [0.5, 0.6) is 0 Å². The van der Waals surface area contributed by atoms with Gasteiger partial charge in [0.2, 0.25) is 0 Å². The largest absolute Gasteiger partial charge is 0.495 e. The first-order chi connectivity index (χ1) is 6.94. The van der Waals surface area contributed by atoms with Gasteiger partial charge in [-0.3, -0.25) is 0 Å². The second-order valence-corrected chi connectivity index (χ2v) is 6.57. The van der Waals surface area contributed by atoms with Crippen molar-refractivity contribution in [1.82, 2.24) is 0 Å². The summed E-state index contributed by atoms with van der Waals surface area (Å²) in [6, 6.07) is 0. The van der Waals surface area contributed by atoms with Crippen LogP contribution in [-0.2, 0) is 14.6 Å². The van der Waals surface area contributed by atoms with Gasteiger partial charge in [-0.1, -0.05) is 0 Å². The monoisotopic (exact) mass is 232 g/mol. The Kier molecular flexibility index (Phi) is 2.55. The van der Waals surface area contributed by atoms with Crippen molar-refractivity contribution in [3.8, 4) is 0 Å². The zero-order valence-electron chi connectivity index (χ0n) is 8.77. The van der Waals surface area contributed by atoms with E-state index in [4.69, 9.17) is 4.74 Å². The van der Waals surface area contributed by atoms with Gasteiger partial charge in [0, 0.05) is 12.7 Å². The van der Waals surface area contributed by atoms with E-state index in [1.54, 1.807) is 0 Å². The van der Waals surface area contributed by atoms with Crippen molar-refractivity contribution in [3.05, 3.63) is 11.8 Å². The summed E-state index contributed by atoms with van der Waals surface area (Å²) in [7, 11) is -3.22. The molecule has 15 heavy (non-hydrogen) atoms. The minimum absolute atomic E-state index is 0.468. The van der Waals surface area contributed by atoms with E-state index >= 15 is 0 Å². The summed E-state index contributed by atoms with van der Waals surface area (Å²) in [4.78, 5) is 0. The first-order valence-electron chi connectivity index (χ1n) is 5.19. The van der Waals surface area contributed by atoms with E-state index < -0.39 is 20.7 Å². The van der Waals surface area contributed by atoms with Crippen LogP contribution in [0.4, 0.5) is 0 Å². The fourth-order valence-electron chi connectivity index (χ4n) is 2.53. The van der Waals surface area contributed by atoms with Crippen LogP contribution in [-0.4, -0.2) is 37.2 Å². The Balaban J connectivity index is 2.34. The SMILES string of the molecule is CS(=O)(=O)C1CCCC1(O)C1=CCCO1. The number of hydrogen-bond acceptors (Lipinski definition) is 4. The average molecular weight is 232 g/mol. The molecule has 0 aromatic rings. The van der Waals surface area contributed by atoms with Gasteiger partial charge in [-0.2, -0.15) is 0 Å². The fourth-order valence-corrected chi connectivity index (χ4v) is 4.06. The van der Waals surface area contributed by atoms with Crippen molar-refractivity contribution >= 4 is 9.84 Å². The van der Waals surface area contributed by atoms with Gasteiger partial charge in [-0.05, 0) is 25.3 Å². The molecule has 0 radical (unpaired) electrons. The predicted octanol–water partition coefficient (Wildman–Crippen LogP) is 0.619. The Morgan fingerprint density at radius 1 is 1.60 bits per heavy atom. The summed E-state index contributed by atoms with van der Waals surface area (Å²) in [5, 5.41) is 9.71. The number of rotatable bonds is 2. The fraction of sp³-hybridized carbons (Fsp3) is 0.800. The molecular weight excluding hydrogens is 216 g/mol. The van der Waals surface area contributed by atoms with Crippen molar-refractivity contribution < 1.29 is 18.3 Å². The third kappa shape index (κ3) is 1.78. The molecule has 86 valence electrons. The molecule has 1 aliphatic heterocycles. The number of aliphatic hydroxyl groups is 1. The summed E-state index contributed by atoms with van der Waals surface area (Å²) in [6.07, 6.45) is 5.49. The molecule has 2 aliphatic rings. The van der Waals surface area contributed by atoms with Crippen molar-refractivity contribution in [2.45, 2.75) is 36.5 Å². The van der Waals surface area contributed by atoms with Crippen molar-refractivity contribution in [1.29, 1.82) is 0 Å². The van der Waals surface area contributed by atoms with Crippen LogP contribution in [0.25, 0.3) is 0 Å². The molecule has 0 aromatic carbocycles. The smallest absolute Gasteiger partial charge is 0.153 e. The van der Waals surface area contributed by atoms with Gasteiger partial charge in [-0.25, -0.2) is 8.42 Å². The zero-order chi connectivity index (χ0) is 11.1. The Bertz CT molecular complexity index is 384. The number of hydrogen-bond donors (Lipinski definition) is 1. The Labute approximate surface area is 89.9 Å². The number of sulfone groups is 1. The van der Waals surface area contributed by atoms with E-state index in [2.05, 4.69) is 0 Å². The third-order valence-electron chi connectivity index (χ3n) is 3.21. The van der Waals surface area contributed by atoms with Crippen LogP contribution in [0.15, 0.2) is 11.8 Å². The van der Waals surface area contributed by atoms with Gasteiger partial charge in [0.15, 0.2) is 9.84 Å². The molecule has 1 aliphatic carbocycles. The normalized spacial score (nSPS) is 36.4. The minimum atomic E-state index is -3.22. The molecule has 1 saturated carbocycles. The Morgan fingerprint density at radius 3 is 2.87 bits per heavy atom. The molecule has 1 heterocycles. The predicted molar refractivity (Wildman–Crippen MR) is 56.1 cm³/mol. The molecule has 1 N–H and O–H groups in total. The van der Waals surface area contributed by atoms with Crippen LogP contribution < -0.4 is 0 Å². The summed E-state index contributed by atoms with van der Waals surface area (Å²) in [6.45, 7) is 0.550. The molecule has 2 atom stereocenters. The standard InChI is InChI=1S/C10H16O4S/c1-15(12,13)9-5-2-6-10(9,11)8-4-3-7-14-8/h4,9,11H,2-3,5-7H2,1H3. The Morgan fingerprint density at radius 2 is 2.33 bits per heavy atom. The van der Waals surface area contributed by atoms with E-state index in [-0.39, 0.29) is 0 Å². The zero-order valence-corrected chi connectivity index (χ0v) is 9.59. The molecule has 1 fully saturated rings. The quantitative estimate of drug-likeness (QED) is 0.758. The maximum Gasteiger partial charge on any atom is 0.153 e. The molecule has 0 bridgehead atoms. The molecule has 2 rings (SSSR count). The molecule has 4 nitrogen and oxygen atoms in total. The maximum atomic E-state index is 11.6. The van der Waals surface area contributed by atoms with Gasteiger partial charge in [0.1, 0.15) is 11.4 Å². The van der Waals surface area contributed by atoms with Crippen molar-refractivity contribution in [2.24, 2.45) is 0 Å². The Hall–Kier alpha value is -0.550. The van der Waals surface area contributed by atoms with Gasteiger partial charge < -0.3 is 9.84 Å². The topological polar surface area (TPSA) is 63.6 Å². The molecule has 0 aromatic heterocycles. The van der Waals surface area contributed by atoms with E-state index in [1.807, 2.05) is 6.08 Å². The first-order valence-corrected chi connectivity index (χ1v) is 7.15. The van der Waals surface area contributed by atoms with E-state index in [0.29, 0.717) is 25.2 Å². The summed E-state index contributed by atoms with van der Waals surface area (Å²) < 4.78 is 28.4. The molecule has 2 unspecified atom stereocenters. The highest BCUT2D eigenvalue weighted by Crippen LogP contribution is 2.41. The highest BCUT2D eigenvalue weighted by atomic mass is 32.2. The van der Waals surface area contributed by atoms with E-state index in [9.17, 15) is 13.5 Å². The molecule has 0 amide bonds. The molecule has 0 saturated heterocycles. The second kappa shape index (κ2) is 3.49. The molecule has 0 spiro atoms. The molecular formula is C10H16O4S. The van der Waals surface area contributed by atoms with E-state index in [1.165, 1.54) is 6.26 Å². The summed E-state index contributed by atoms with van der Waals surface area (Å²) in [5.41, 5.74) is -1.27. The lowest BCUT2D eigenvalue weighted by Gasteiger charge is -2.29. The van der Waals surface area contributed by atoms with Gasteiger partial charge in [0.05, 0.1) is 11.9 Å². The highest BCUT2D eigenvalue weighted by molar-refractivity contribution is 7.91. The third-order valence-corrected chi connectivity index (χ3v) is 4.86. The second-order valence-electron chi connectivity index (χ2n) is 4.34. The number of ether oxygens (including phenoxy) is 1. The highest BCUT2D eigenvalue weighted by Gasteiger charge is 2.51. The van der Waals surface area contributed by atoms with E-state index in [0.717, 1.165) is 12.8 Å². The van der Waals surface area contributed by atoms with Crippen molar-refractivity contribution in [3.63, 3.8) is 0 Å². The first kappa shape index (κ1) is 11.0. The lowest BCUT2D eigenvalue weighted by molar-refractivity contribution is 0.0276. The lowest BCUT2D eigenvalue weighted by atomic mass is 9.99. The van der Waals surface area contributed by atoms with Crippen LogP contribution in [0.1, 0.15) is 25.7 Å². The molecule has 5 heteroatoms. The average Bonchev–Trinajstić information content (AvgIpc) is 2.69. The van der Waals surface area contributed by atoms with Crippen LogP contribution in [0, 0.1) is 0 Å². The van der Waals surface area contributed by atoms with Crippen molar-refractivity contribution in [2.75, 3.05) is 12.9 Å². The van der Waals surface area contributed by atoms with Crippen LogP contribution in [0.2, 0.25) is 0 Å². The van der Waals surface area contributed by atoms with Gasteiger partial charge >= 0.3 is 0 Å². The summed E-state index contributed by atoms with van der Waals surface area (Å²) in [5.74, 6) is 0.468. The van der Waals surface area contributed by atoms with Gasteiger partial charge in [-0.15, -0.1) is 0 Å².